The Morgan fingerprint density at radius 3 is 2.41 bits per heavy atom. The molecule has 0 aliphatic heterocycles. The smallest absolute Gasteiger partial charge is 0.361 e. The van der Waals surface area contributed by atoms with Gasteiger partial charge in [0, 0.05) is 10.6 Å². The SMILES string of the molecule is COC(=O)/C(=N/S)C(=N)NC(=O)Cc1c(Cl)ccc(Cl)c1OCc1ccccc1. The van der Waals surface area contributed by atoms with E-state index in [1.165, 1.54) is 0 Å². The highest BCUT2D eigenvalue weighted by Crippen LogP contribution is 2.35. The van der Waals surface area contributed by atoms with E-state index in [-0.39, 0.29) is 28.8 Å². The number of hydrogen-bond acceptors (Lipinski definition) is 7. The minimum absolute atomic E-state index is 0.226. The lowest BCUT2D eigenvalue weighted by atomic mass is 10.1. The zero-order valence-corrected chi connectivity index (χ0v) is 17.6. The van der Waals surface area contributed by atoms with E-state index in [1.54, 1.807) is 12.1 Å². The van der Waals surface area contributed by atoms with Crippen LogP contribution in [0.4, 0.5) is 0 Å². The third-order valence-electron chi connectivity index (χ3n) is 3.70. The number of rotatable bonds is 7. The van der Waals surface area contributed by atoms with Gasteiger partial charge in [0.05, 0.1) is 18.6 Å². The van der Waals surface area contributed by atoms with Crippen molar-refractivity contribution >= 4 is 59.4 Å². The average Bonchev–Trinajstić information content (AvgIpc) is 2.71. The molecular formula is C19H17Cl2N3O4S. The first-order valence-corrected chi connectivity index (χ1v) is 9.35. The summed E-state index contributed by atoms with van der Waals surface area (Å²) in [7, 11) is 1.12. The van der Waals surface area contributed by atoms with Crippen molar-refractivity contribution in [2.45, 2.75) is 13.0 Å². The molecule has 0 atom stereocenters. The van der Waals surface area contributed by atoms with Crippen LogP contribution in [0.25, 0.3) is 0 Å². The summed E-state index contributed by atoms with van der Waals surface area (Å²) in [5.74, 6) is -1.82. The van der Waals surface area contributed by atoms with E-state index in [1.807, 2.05) is 30.3 Å². The van der Waals surface area contributed by atoms with Gasteiger partial charge in [-0.05, 0) is 30.5 Å². The van der Waals surface area contributed by atoms with Crippen LogP contribution in [0.5, 0.6) is 5.75 Å². The standard InChI is InChI=1S/C19H17Cl2N3O4S/c1-27-19(26)16(24-29)18(22)23-15(25)9-12-13(20)7-8-14(21)17(12)28-10-11-5-3-2-4-6-11/h2-8,29H,9-10H2,1H3,(H2,22,23,25)/b24-16+. The molecule has 0 heterocycles. The number of hydrogen-bond donors (Lipinski definition) is 3. The minimum atomic E-state index is -0.905. The van der Waals surface area contributed by atoms with Crippen molar-refractivity contribution in [3.05, 3.63) is 63.6 Å². The van der Waals surface area contributed by atoms with Crippen molar-refractivity contribution < 1.29 is 19.1 Å². The maximum absolute atomic E-state index is 12.4. The fraction of sp³-hybridized carbons (Fsp3) is 0.158. The summed E-state index contributed by atoms with van der Waals surface area (Å²) in [6.07, 6.45) is -0.243. The van der Waals surface area contributed by atoms with Gasteiger partial charge < -0.3 is 14.8 Å². The summed E-state index contributed by atoms with van der Waals surface area (Å²) in [6, 6.07) is 12.5. The molecule has 0 fully saturated rings. The van der Waals surface area contributed by atoms with E-state index in [2.05, 4.69) is 27.3 Å². The molecule has 0 aromatic heterocycles. The quantitative estimate of drug-likeness (QED) is 0.257. The van der Waals surface area contributed by atoms with E-state index in [9.17, 15) is 9.59 Å². The first kappa shape index (κ1) is 22.7. The number of carbonyl (C=O) groups is 2. The largest absolute Gasteiger partial charge is 0.487 e. The number of methoxy groups -OCH3 is 1. The van der Waals surface area contributed by atoms with Gasteiger partial charge in [-0.1, -0.05) is 53.5 Å². The molecule has 0 saturated heterocycles. The number of nitrogens with zero attached hydrogens (tertiary/aromatic N) is 1. The lowest BCUT2D eigenvalue weighted by molar-refractivity contribution is -0.132. The molecule has 0 spiro atoms. The predicted octanol–water partition coefficient (Wildman–Crippen LogP) is 3.67. The Morgan fingerprint density at radius 2 is 1.79 bits per heavy atom. The summed E-state index contributed by atoms with van der Waals surface area (Å²) in [5, 5.41) is 10.6. The first-order valence-electron chi connectivity index (χ1n) is 8.20. The molecule has 29 heavy (non-hydrogen) atoms. The van der Waals surface area contributed by atoms with Crippen LogP contribution in [0.2, 0.25) is 10.0 Å². The van der Waals surface area contributed by atoms with Crippen LogP contribution in [0.1, 0.15) is 11.1 Å². The zero-order chi connectivity index (χ0) is 21.4. The maximum atomic E-state index is 12.4. The van der Waals surface area contributed by atoms with E-state index in [4.69, 9.17) is 33.3 Å². The van der Waals surface area contributed by atoms with Crippen LogP contribution < -0.4 is 10.1 Å². The monoisotopic (exact) mass is 453 g/mol. The van der Waals surface area contributed by atoms with Crippen molar-refractivity contribution in [3.8, 4) is 5.75 Å². The minimum Gasteiger partial charge on any atom is -0.487 e. The van der Waals surface area contributed by atoms with Crippen LogP contribution in [0.15, 0.2) is 46.9 Å². The summed E-state index contributed by atoms with van der Waals surface area (Å²) in [4.78, 5) is 23.9. The number of esters is 1. The Labute approximate surface area is 183 Å². The van der Waals surface area contributed by atoms with Crippen molar-refractivity contribution in [3.63, 3.8) is 0 Å². The summed E-state index contributed by atoms with van der Waals surface area (Å²) < 4.78 is 13.6. The number of halogens is 2. The topological polar surface area (TPSA) is 101 Å². The van der Waals surface area contributed by atoms with Gasteiger partial charge in [0.15, 0.2) is 11.5 Å². The normalized spacial score (nSPS) is 11.0. The molecular weight excluding hydrogens is 437 g/mol. The summed E-state index contributed by atoms with van der Waals surface area (Å²) in [6.45, 7) is 0.226. The third kappa shape index (κ3) is 6.22. The maximum Gasteiger partial charge on any atom is 0.361 e. The Balaban J connectivity index is 2.17. The molecule has 2 aromatic carbocycles. The number of nitrogens with one attached hydrogen (secondary N) is 2. The van der Waals surface area contributed by atoms with Gasteiger partial charge in [-0.25, -0.2) is 9.19 Å². The molecule has 2 N–H and O–H groups in total. The molecule has 2 rings (SSSR count). The van der Waals surface area contributed by atoms with Gasteiger partial charge >= 0.3 is 5.97 Å². The predicted molar refractivity (Wildman–Crippen MR) is 115 cm³/mol. The van der Waals surface area contributed by atoms with Gasteiger partial charge in [0.25, 0.3) is 0 Å². The highest BCUT2D eigenvalue weighted by Gasteiger charge is 2.22. The highest BCUT2D eigenvalue weighted by atomic mass is 35.5. The second-order valence-corrected chi connectivity index (χ2v) is 6.67. The fourth-order valence-electron chi connectivity index (χ4n) is 2.32. The van der Waals surface area contributed by atoms with Crippen LogP contribution in [-0.2, 0) is 27.4 Å². The lowest BCUT2D eigenvalue weighted by Crippen LogP contribution is -2.40. The molecule has 0 bridgehead atoms. The van der Waals surface area contributed by atoms with Gasteiger partial charge in [-0.15, -0.1) is 0 Å². The molecule has 152 valence electrons. The Hall–Kier alpha value is -2.55. The highest BCUT2D eigenvalue weighted by molar-refractivity contribution is 7.79. The molecule has 0 radical (unpaired) electrons. The zero-order valence-electron chi connectivity index (χ0n) is 15.2. The van der Waals surface area contributed by atoms with Crippen LogP contribution in [-0.4, -0.2) is 30.5 Å². The molecule has 1 amide bonds. The van der Waals surface area contributed by atoms with E-state index in [0.29, 0.717) is 5.56 Å². The number of ether oxygens (including phenoxy) is 2. The number of amides is 1. The first-order chi connectivity index (χ1) is 13.9. The molecule has 0 unspecified atom stereocenters. The molecule has 0 aliphatic rings. The van der Waals surface area contributed by atoms with E-state index < -0.39 is 23.4 Å². The van der Waals surface area contributed by atoms with E-state index in [0.717, 1.165) is 12.7 Å². The van der Waals surface area contributed by atoms with Gasteiger partial charge in [0.1, 0.15) is 12.4 Å². The molecule has 2 aromatic rings. The number of carbonyl (C=O) groups excluding carboxylic acids is 2. The fourth-order valence-corrected chi connectivity index (χ4v) is 2.95. The Morgan fingerprint density at radius 1 is 1.14 bits per heavy atom. The van der Waals surface area contributed by atoms with Crippen molar-refractivity contribution in [1.29, 1.82) is 5.41 Å². The lowest BCUT2D eigenvalue weighted by Gasteiger charge is -2.15. The Kier molecular flexibility index (Phi) is 8.50. The number of thiol groups is 1. The van der Waals surface area contributed by atoms with Gasteiger partial charge in [-0.3, -0.25) is 10.2 Å². The number of benzene rings is 2. The van der Waals surface area contributed by atoms with E-state index >= 15 is 0 Å². The molecule has 0 saturated carbocycles. The van der Waals surface area contributed by atoms with Crippen molar-refractivity contribution in [2.24, 2.45) is 4.40 Å². The van der Waals surface area contributed by atoms with Crippen LogP contribution in [0, 0.1) is 5.41 Å². The van der Waals surface area contributed by atoms with Gasteiger partial charge in [-0.2, -0.15) is 0 Å². The van der Waals surface area contributed by atoms with Crippen molar-refractivity contribution in [1.82, 2.24) is 5.32 Å². The summed E-state index contributed by atoms with van der Waals surface area (Å²) in [5.41, 5.74) is 0.818. The van der Waals surface area contributed by atoms with Crippen LogP contribution >= 0.6 is 36.0 Å². The number of amidine groups is 1. The van der Waals surface area contributed by atoms with Gasteiger partial charge in [0.2, 0.25) is 5.91 Å². The van der Waals surface area contributed by atoms with Crippen molar-refractivity contribution in [2.75, 3.05) is 7.11 Å². The third-order valence-corrected chi connectivity index (χ3v) is 4.55. The second kappa shape index (κ2) is 10.8. The molecule has 0 aliphatic carbocycles. The molecule has 10 heteroatoms. The molecule has 7 nitrogen and oxygen atoms in total. The second-order valence-electron chi connectivity index (χ2n) is 5.65. The average molecular weight is 454 g/mol. The summed E-state index contributed by atoms with van der Waals surface area (Å²) >= 11 is 16.1. The van der Waals surface area contributed by atoms with Crippen LogP contribution in [0.3, 0.4) is 0 Å². The Bertz CT molecular complexity index is 952.